The van der Waals surface area contributed by atoms with Gasteiger partial charge >= 0.3 is 0 Å². The Morgan fingerprint density at radius 1 is 1.15 bits per heavy atom. The predicted molar refractivity (Wildman–Crippen MR) is 83.5 cm³/mol. The van der Waals surface area contributed by atoms with Gasteiger partial charge in [-0.15, -0.1) is 0 Å². The lowest BCUT2D eigenvalue weighted by Crippen LogP contribution is -2.47. The highest BCUT2D eigenvalue weighted by Gasteiger charge is 2.21. The summed E-state index contributed by atoms with van der Waals surface area (Å²) in [5.74, 6) is 0. The first-order chi connectivity index (χ1) is 9.50. The molecule has 0 atom stereocenters. The third-order valence-electron chi connectivity index (χ3n) is 3.99. The second kappa shape index (κ2) is 6.15. The number of nitrogens with two attached hydrogens (primary N) is 1. The van der Waals surface area contributed by atoms with Crippen LogP contribution in [0.1, 0.15) is 20.3 Å². The summed E-state index contributed by atoms with van der Waals surface area (Å²) in [6.45, 7) is 9.23. The van der Waals surface area contributed by atoms with Crippen LogP contribution in [-0.4, -0.2) is 37.6 Å². The molecule has 0 unspecified atom stereocenters. The molecule has 0 spiro atoms. The number of nitriles is 1. The van der Waals surface area contributed by atoms with E-state index >= 15 is 0 Å². The SMILES string of the molecule is CC(C)(C#N)CCN1CCN(c2ccc(N)cc2)CC1. The fourth-order valence-electron chi connectivity index (χ4n) is 2.41. The number of hydrogen-bond donors (Lipinski definition) is 1. The largest absolute Gasteiger partial charge is 0.399 e. The molecule has 0 amide bonds. The minimum Gasteiger partial charge on any atom is -0.399 e. The topological polar surface area (TPSA) is 56.3 Å². The summed E-state index contributed by atoms with van der Waals surface area (Å²) in [6.07, 6.45) is 0.936. The molecule has 20 heavy (non-hydrogen) atoms. The molecular formula is C16H24N4. The molecule has 0 aromatic heterocycles. The van der Waals surface area contributed by atoms with Gasteiger partial charge in [-0.25, -0.2) is 0 Å². The van der Waals surface area contributed by atoms with Gasteiger partial charge in [0.25, 0.3) is 0 Å². The molecule has 2 rings (SSSR count). The Labute approximate surface area is 121 Å². The molecule has 0 bridgehead atoms. The van der Waals surface area contributed by atoms with Crippen LogP contribution in [0.25, 0.3) is 0 Å². The van der Waals surface area contributed by atoms with Crippen LogP contribution in [-0.2, 0) is 0 Å². The Kier molecular flexibility index (Phi) is 4.51. The molecule has 0 saturated carbocycles. The quantitative estimate of drug-likeness (QED) is 0.855. The minimum absolute atomic E-state index is 0.214. The van der Waals surface area contributed by atoms with E-state index in [1.165, 1.54) is 5.69 Å². The molecule has 4 nitrogen and oxygen atoms in total. The first-order valence-electron chi connectivity index (χ1n) is 7.24. The van der Waals surface area contributed by atoms with E-state index in [-0.39, 0.29) is 5.41 Å². The van der Waals surface area contributed by atoms with Gasteiger partial charge in [0.1, 0.15) is 0 Å². The van der Waals surface area contributed by atoms with Gasteiger partial charge < -0.3 is 10.6 Å². The maximum absolute atomic E-state index is 9.05. The van der Waals surface area contributed by atoms with Gasteiger partial charge in [0.05, 0.1) is 11.5 Å². The average Bonchev–Trinajstić information content (AvgIpc) is 2.47. The van der Waals surface area contributed by atoms with Crippen molar-refractivity contribution in [1.29, 1.82) is 5.26 Å². The van der Waals surface area contributed by atoms with Crippen LogP contribution in [0.2, 0.25) is 0 Å². The fraction of sp³-hybridized carbons (Fsp3) is 0.562. The second-order valence-corrected chi connectivity index (χ2v) is 6.17. The maximum atomic E-state index is 9.05. The molecule has 1 heterocycles. The van der Waals surface area contributed by atoms with Crippen LogP contribution in [0.15, 0.2) is 24.3 Å². The molecular weight excluding hydrogens is 248 g/mol. The standard InChI is InChI=1S/C16H24N4/c1-16(2,13-17)7-8-19-9-11-20(12-10-19)15-5-3-14(18)4-6-15/h3-6H,7-12,18H2,1-2H3. The Bertz CT molecular complexity index is 464. The normalized spacial score (nSPS) is 16.9. The summed E-state index contributed by atoms with van der Waals surface area (Å²) in [6, 6.07) is 10.5. The van der Waals surface area contributed by atoms with Crippen LogP contribution in [0.5, 0.6) is 0 Å². The Hall–Kier alpha value is -1.73. The first-order valence-corrected chi connectivity index (χ1v) is 7.24. The van der Waals surface area contributed by atoms with Gasteiger partial charge in [0.2, 0.25) is 0 Å². The second-order valence-electron chi connectivity index (χ2n) is 6.17. The van der Waals surface area contributed by atoms with Crippen molar-refractivity contribution in [3.05, 3.63) is 24.3 Å². The lowest BCUT2D eigenvalue weighted by atomic mass is 9.91. The molecule has 2 N–H and O–H groups in total. The number of hydrogen-bond acceptors (Lipinski definition) is 4. The molecule has 1 aliphatic heterocycles. The molecule has 1 aliphatic rings. The zero-order valence-corrected chi connectivity index (χ0v) is 12.5. The van der Waals surface area contributed by atoms with Crippen molar-refractivity contribution in [2.45, 2.75) is 20.3 Å². The lowest BCUT2D eigenvalue weighted by molar-refractivity contribution is 0.230. The number of rotatable bonds is 4. The summed E-state index contributed by atoms with van der Waals surface area (Å²) in [5, 5.41) is 9.05. The van der Waals surface area contributed by atoms with Crippen LogP contribution in [0.3, 0.4) is 0 Å². The zero-order valence-electron chi connectivity index (χ0n) is 12.5. The highest BCUT2D eigenvalue weighted by Crippen LogP contribution is 2.21. The Balaban J connectivity index is 1.81. The van der Waals surface area contributed by atoms with Crippen molar-refractivity contribution in [3.63, 3.8) is 0 Å². The summed E-state index contributed by atoms with van der Waals surface area (Å²) in [5.41, 5.74) is 7.56. The monoisotopic (exact) mass is 272 g/mol. The van der Waals surface area contributed by atoms with E-state index in [0.717, 1.165) is 44.8 Å². The van der Waals surface area contributed by atoms with Crippen molar-refractivity contribution in [3.8, 4) is 6.07 Å². The van der Waals surface area contributed by atoms with Crippen LogP contribution in [0.4, 0.5) is 11.4 Å². The smallest absolute Gasteiger partial charge is 0.0684 e. The van der Waals surface area contributed by atoms with E-state index in [2.05, 4.69) is 28.0 Å². The molecule has 1 saturated heterocycles. The molecule has 108 valence electrons. The Morgan fingerprint density at radius 3 is 2.30 bits per heavy atom. The number of nitrogen functional groups attached to an aromatic ring is 1. The summed E-state index contributed by atoms with van der Waals surface area (Å²) < 4.78 is 0. The van der Waals surface area contributed by atoms with Gasteiger partial charge in [0, 0.05) is 37.6 Å². The van der Waals surface area contributed by atoms with Crippen molar-refractivity contribution >= 4 is 11.4 Å². The molecule has 0 radical (unpaired) electrons. The van der Waals surface area contributed by atoms with E-state index in [0.29, 0.717) is 0 Å². The molecule has 4 heteroatoms. The molecule has 1 aromatic rings. The number of nitrogens with zero attached hydrogens (tertiary/aromatic N) is 3. The van der Waals surface area contributed by atoms with Crippen molar-refractivity contribution in [1.82, 2.24) is 4.90 Å². The average molecular weight is 272 g/mol. The number of anilines is 2. The highest BCUT2D eigenvalue weighted by molar-refractivity contribution is 5.53. The van der Waals surface area contributed by atoms with E-state index in [1.807, 2.05) is 26.0 Å². The molecule has 0 aliphatic carbocycles. The van der Waals surface area contributed by atoms with Gasteiger partial charge in [-0.3, -0.25) is 4.90 Å². The third-order valence-corrected chi connectivity index (χ3v) is 3.99. The van der Waals surface area contributed by atoms with Crippen LogP contribution in [0, 0.1) is 16.7 Å². The maximum Gasteiger partial charge on any atom is 0.0684 e. The van der Waals surface area contributed by atoms with Crippen molar-refractivity contribution < 1.29 is 0 Å². The van der Waals surface area contributed by atoms with Crippen molar-refractivity contribution in [2.75, 3.05) is 43.4 Å². The molecule has 1 fully saturated rings. The minimum atomic E-state index is -0.214. The van der Waals surface area contributed by atoms with Crippen LogP contribution >= 0.6 is 0 Å². The van der Waals surface area contributed by atoms with Crippen molar-refractivity contribution in [2.24, 2.45) is 5.41 Å². The Morgan fingerprint density at radius 2 is 1.75 bits per heavy atom. The van der Waals surface area contributed by atoms with E-state index in [4.69, 9.17) is 11.0 Å². The van der Waals surface area contributed by atoms with E-state index in [1.54, 1.807) is 0 Å². The van der Waals surface area contributed by atoms with Gasteiger partial charge in [-0.2, -0.15) is 5.26 Å². The van der Waals surface area contributed by atoms with Gasteiger partial charge in [0.15, 0.2) is 0 Å². The van der Waals surface area contributed by atoms with Gasteiger partial charge in [-0.1, -0.05) is 0 Å². The lowest BCUT2D eigenvalue weighted by Gasteiger charge is -2.36. The van der Waals surface area contributed by atoms with E-state index in [9.17, 15) is 0 Å². The first kappa shape index (κ1) is 14.7. The summed E-state index contributed by atoms with van der Waals surface area (Å²) in [4.78, 5) is 4.85. The number of benzene rings is 1. The van der Waals surface area contributed by atoms with E-state index < -0.39 is 0 Å². The van der Waals surface area contributed by atoms with Crippen LogP contribution < -0.4 is 10.6 Å². The predicted octanol–water partition coefficient (Wildman–Crippen LogP) is 2.33. The fourth-order valence-corrected chi connectivity index (χ4v) is 2.41. The number of piperazine rings is 1. The van der Waals surface area contributed by atoms with Gasteiger partial charge in [-0.05, 0) is 51.1 Å². The highest BCUT2D eigenvalue weighted by atomic mass is 15.3. The summed E-state index contributed by atoms with van der Waals surface area (Å²) >= 11 is 0. The summed E-state index contributed by atoms with van der Waals surface area (Å²) in [7, 11) is 0. The zero-order chi connectivity index (χ0) is 14.6. The third kappa shape index (κ3) is 3.88. The molecule has 1 aromatic carbocycles.